The van der Waals surface area contributed by atoms with Crippen molar-refractivity contribution in [2.45, 2.75) is 57.5 Å². The molecule has 3 atom stereocenters. The maximum atomic E-state index is 11.9. The van der Waals surface area contributed by atoms with Gasteiger partial charge in [-0.1, -0.05) is 37.3 Å². The summed E-state index contributed by atoms with van der Waals surface area (Å²) in [6.45, 7) is 6.84. The van der Waals surface area contributed by atoms with Crippen LogP contribution in [-0.2, 0) is 10.2 Å². The van der Waals surface area contributed by atoms with Gasteiger partial charge in [-0.15, -0.1) is 0 Å². The minimum absolute atomic E-state index is 0.474. The normalized spacial score (nSPS) is 26.4. The zero-order chi connectivity index (χ0) is 14.8. The van der Waals surface area contributed by atoms with Crippen LogP contribution in [-0.4, -0.2) is 34.6 Å². The van der Waals surface area contributed by atoms with Crippen molar-refractivity contribution in [1.29, 1.82) is 0 Å². The summed E-state index contributed by atoms with van der Waals surface area (Å²) in [5.74, 6) is -0.738. The van der Waals surface area contributed by atoms with Gasteiger partial charge in [-0.2, -0.15) is 0 Å². The maximum Gasteiger partial charge on any atom is 0.315 e. The molecule has 1 fully saturated rings. The van der Waals surface area contributed by atoms with Crippen LogP contribution < -0.4 is 0 Å². The van der Waals surface area contributed by atoms with E-state index in [0.29, 0.717) is 18.6 Å². The summed E-state index contributed by atoms with van der Waals surface area (Å²) in [6.07, 6.45) is 3.44. The second kappa shape index (κ2) is 5.96. The van der Waals surface area contributed by atoms with E-state index in [2.05, 4.69) is 18.7 Å². The Morgan fingerprint density at radius 2 is 2.00 bits per heavy atom. The van der Waals surface area contributed by atoms with Gasteiger partial charge in [0.05, 0.1) is 0 Å². The Morgan fingerprint density at radius 1 is 1.35 bits per heavy atom. The molecule has 20 heavy (non-hydrogen) atoms. The van der Waals surface area contributed by atoms with Crippen molar-refractivity contribution < 1.29 is 9.90 Å². The van der Waals surface area contributed by atoms with Gasteiger partial charge >= 0.3 is 5.97 Å². The summed E-state index contributed by atoms with van der Waals surface area (Å²) in [6, 6.07) is 10.6. The van der Waals surface area contributed by atoms with E-state index >= 15 is 0 Å². The number of carboxylic acids is 1. The first-order chi connectivity index (χ1) is 9.49. The van der Waals surface area contributed by atoms with E-state index in [0.717, 1.165) is 12.0 Å². The van der Waals surface area contributed by atoms with Crippen molar-refractivity contribution in [2.24, 2.45) is 0 Å². The van der Waals surface area contributed by atoms with E-state index in [9.17, 15) is 9.90 Å². The highest BCUT2D eigenvalue weighted by Gasteiger charge is 2.41. The first kappa shape index (κ1) is 15.0. The number of benzene rings is 1. The lowest BCUT2D eigenvalue weighted by Gasteiger charge is -2.36. The Bertz CT molecular complexity index is 459. The summed E-state index contributed by atoms with van der Waals surface area (Å²) < 4.78 is 0. The minimum atomic E-state index is -0.840. The third-order valence-corrected chi connectivity index (χ3v) is 4.81. The van der Waals surface area contributed by atoms with Crippen LogP contribution in [0.2, 0.25) is 0 Å². The van der Waals surface area contributed by atoms with Crippen molar-refractivity contribution >= 4 is 5.97 Å². The molecule has 1 aliphatic heterocycles. The standard InChI is InChI=1S/C17H25NO2/c1-4-15-11-10-13(2)18(15)12-17(3,16(19)20)14-8-6-5-7-9-14/h5-9,13,15H,4,10-12H2,1-3H3,(H,19,20). The number of hydrogen-bond acceptors (Lipinski definition) is 2. The number of aliphatic carboxylic acids is 1. The Morgan fingerprint density at radius 3 is 2.55 bits per heavy atom. The van der Waals surface area contributed by atoms with E-state index < -0.39 is 11.4 Å². The van der Waals surface area contributed by atoms with Crippen LogP contribution in [0.25, 0.3) is 0 Å². The molecule has 1 heterocycles. The average Bonchev–Trinajstić information content (AvgIpc) is 2.80. The first-order valence-electron chi connectivity index (χ1n) is 7.53. The van der Waals surface area contributed by atoms with E-state index in [1.54, 1.807) is 0 Å². The largest absolute Gasteiger partial charge is 0.481 e. The summed E-state index contributed by atoms with van der Waals surface area (Å²) in [5, 5.41) is 9.76. The van der Waals surface area contributed by atoms with E-state index in [1.165, 1.54) is 12.8 Å². The van der Waals surface area contributed by atoms with Gasteiger partial charge in [-0.05, 0) is 38.7 Å². The number of carboxylic acid groups (broad SMARTS) is 1. The van der Waals surface area contributed by atoms with Crippen LogP contribution in [0.5, 0.6) is 0 Å². The smallest absolute Gasteiger partial charge is 0.315 e. The maximum absolute atomic E-state index is 11.9. The molecule has 0 amide bonds. The Balaban J connectivity index is 2.28. The van der Waals surface area contributed by atoms with Crippen molar-refractivity contribution in [1.82, 2.24) is 4.90 Å². The monoisotopic (exact) mass is 275 g/mol. The molecule has 0 aromatic heterocycles. The number of nitrogens with zero attached hydrogens (tertiary/aromatic N) is 1. The van der Waals surface area contributed by atoms with Gasteiger partial charge in [0.25, 0.3) is 0 Å². The highest BCUT2D eigenvalue weighted by molar-refractivity contribution is 5.81. The van der Waals surface area contributed by atoms with Gasteiger partial charge in [-0.3, -0.25) is 9.69 Å². The Labute approximate surface area is 121 Å². The molecule has 1 saturated heterocycles. The first-order valence-corrected chi connectivity index (χ1v) is 7.53. The topological polar surface area (TPSA) is 40.5 Å². The quantitative estimate of drug-likeness (QED) is 0.896. The van der Waals surface area contributed by atoms with Crippen molar-refractivity contribution in [3.63, 3.8) is 0 Å². The predicted octanol–water partition coefficient (Wildman–Crippen LogP) is 3.29. The minimum Gasteiger partial charge on any atom is -0.481 e. The van der Waals surface area contributed by atoms with Crippen molar-refractivity contribution in [3.8, 4) is 0 Å². The molecule has 3 nitrogen and oxygen atoms in total. The van der Waals surface area contributed by atoms with E-state index in [4.69, 9.17) is 0 Å². The molecule has 3 unspecified atom stereocenters. The van der Waals surface area contributed by atoms with Gasteiger partial charge in [-0.25, -0.2) is 0 Å². The molecule has 0 radical (unpaired) electrons. The molecule has 1 aliphatic rings. The second-order valence-corrected chi connectivity index (χ2v) is 6.16. The molecule has 2 rings (SSSR count). The van der Waals surface area contributed by atoms with Crippen LogP contribution in [0.3, 0.4) is 0 Å². The number of likely N-dealkylation sites (tertiary alicyclic amines) is 1. The molecule has 0 bridgehead atoms. The fourth-order valence-electron chi connectivity index (χ4n) is 3.30. The molecule has 110 valence electrons. The number of rotatable bonds is 5. The molecular formula is C17H25NO2. The summed E-state index contributed by atoms with van der Waals surface area (Å²) in [7, 11) is 0. The molecular weight excluding hydrogens is 250 g/mol. The average molecular weight is 275 g/mol. The van der Waals surface area contributed by atoms with Gasteiger partial charge in [0, 0.05) is 18.6 Å². The fraction of sp³-hybridized carbons (Fsp3) is 0.588. The van der Waals surface area contributed by atoms with Gasteiger partial charge < -0.3 is 5.11 Å². The third kappa shape index (κ3) is 2.73. The Hall–Kier alpha value is -1.35. The zero-order valence-corrected chi connectivity index (χ0v) is 12.7. The van der Waals surface area contributed by atoms with Crippen LogP contribution in [0, 0.1) is 0 Å². The van der Waals surface area contributed by atoms with E-state index in [1.807, 2.05) is 37.3 Å². The summed E-state index contributed by atoms with van der Waals surface area (Å²) in [4.78, 5) is 14.3. The highest BCUT2D eigenvalue weighted by atomic mass is 16.4. The lowest BCUT2D eigenvalue weighted by atomic mass is 9.81. The lowest BCUT2D eigenvalue weighted by molar-refractivity contribution is -0.144. The summed E-state index contributed by atoms with van der Waals surface area (Å²) >= 11 is 0. The number of hydrogen-bond donors (Lipinski definition) is 1. The van der Waals surface area contributed by atoms with Gasteiger partial charge in [0.1, 0.15) is 5.41 Å². The molecule has 0 saturated carbocycles. The van der Waals surface area contributed by atoms with Crippen molar-refractivity contribution in [3.05, 3.63) is 35.9 Å². The Kier molecular flexibility index (Phi) is 4.48. The van der Waals surface area contributed by atoms with Crippen LogP contribution in [0.15, 0.2) is 30.3 Å². The van der Waals surface area contributed by atoms with E-state index in [-0.39, 0.29) is 0 Å². The van der Waals surface area contributed by atoms with Gasteiger partial charge in [0.15, 0.2) is 0 Å². The molecule has 1 aromatic carbocycles. The zero-order valence-electron chi connectivity index (χ0n) is 12.7. The third-order valence-electron chi connectivity index (χ3n) is 4.81. The lowest BCUT2D eigenvalue weighted by Crippen LogP contribution is -2.48. The summed E-state index contributed by atoms with van der Waals surface area (Å²) in [5.41, 5.74) is 0.0502. The highest BCUT2D eigenvalue weighted by Crippen LogP contribution is 2.32. The fourth-order valence-corrected chi connectivity index (χ4v) is 3.30. The molecule has 0 spiro atoms. The predicted molar refractivity (Wildman–Crippen MR) is 80.9 cm³/mol. The van der Waals surface area contributed by atoms with Crippen molar-refractivity contribution in [2.75, 3.05) is 6.54 Å². The molecule has 3 heteroatoms. The van der Waals surface area contributed by atoms with Crippen LogP contribution >= 0.6 is 0 Å². The second-order valence-electron chi connectivity index (χ2n) is 6.16. The molecule has 0 aliphatic carbocycles. The molecule has 1 aromatic rings. The van der Waals surface area contributed by atoms with Crippen LogP contribution in [0.1, 0.15) is 45.6 Å². The SMILES string of the molecule is CCC1CCC(C)N1CC(C)(C(=O)O)c1ccccc1. The van der Waals surface area contributed by atoms with Crippen LogP contribution in [0.4, 0.5) is 0 Å². The van der Waals surface area contributed by atoms with Gasteiger partial charge in [0.2, 0.25) is 0 Å². The molecule has 1 N–H and O–H groups in total. The number of carbonyl (C=O) groups is 1.